The molecule has 0 fully saturated rings. The number of hydrogen-bond acceptors (Lipinski definition) is 4. The number of pyridine rings is 1. The zero-order valence-corrected chi connectivity index (χ0v) is 8.68. The maximum Gasteiger partial charge on any atom is 0.233 e. The van der Waals surface area contributed by atoms with E-state index in [0.29, 0.717) is 0 Å². The molecule has 0 aliphatic heterocycles. The lowest BCUT2D eigenvalue weighted by Gasteiger charge is -1.98. The van der Waals surface area contributed by atoms with Crippen molar-refractivity contribution >= 4 is 21.2 Å². The zero-order valence-electron chi connectivity index (χ0n) is 7.04. The number of nitrogens with zero attached hydrogens (tertiary/aromatic N) is 1. The molecule has 0 N–H and O–H groups in total. The monoisotopic (exact) mass is 224 g/mol. The molecule has 1 radical (unpaired) electrons. The molecule has 0 atom stereocenters. The lowest BCUT2D eigenvalue weighted by atomic mass is 10.5. The number of aromatic nitrogens is 1. The largest absolute Gasteiger partial charge is 0.244 e. The first-order valence-electron chi connectivity index (χ1n) is 3.83. The molecule has 0 amide bonds. The van der Waals surface area contributed by atoms with Crippen LogP contribution in [0.25, 0.3) is 0 Å². The average molecular weight is 224 g/mol. The first kappa shape index (κ1) is 9.36. The van der Waals surface area contributed by atoms with Crippen molar-refractivity contribution in [3.8, 4) is 0 Å². The summed E-state index contributed by atoms with van der Waals surface area (Å²) < 4.78 is 23.9. The standard InChI is InChI=1S/C9H6NO2S2/c11-14(12,9-5-3-7-13-9)8-4-1-2-6-10-8/h1-6H. The van der Waals surface area contributed by atoms with Crippen LogP contribution in [0.4, 0.5) is 0 Å². The van der Waals surface area contributed by atoms with E-state index >= 15 is 0 Å². The number of sulfone groups is 1. The fourth-order valence-corrected chi connectivity index (χ4v) is 3.12. The van der Waals surface area contributed by atoms with Crippen LogP contribution in [0.2, 0.25) is 0 Å². The maximum absolute atomic E-state index is 11.8. The molecule has 2 rings (SSSR count). The third-order valence-corrected chi connectivity index (χ3v) is 4.58. The lowest BCUT2D eigenvalue weighted by Crippen LogP contribution is -2.01. The quantitative estimate of drug-likeness (QED) is 0.781. The van der Waals surface area contributed by atoms with E-state index in [4.69, 9.17) is 0 Å². The van der Waals surface area contributed by atoms with Crippen molar-refractivity contribution in [3.63, 3.8) is 0 Å². The summed E-state index contributed by atoms with van der Waals surface area (Å²) >= 11 is 1.07. The van der Waals surface area contributed by atoms with Gasteiger partial charge in [0.2, 0.25) is 9.84 Å². The van der Waals surface area contributed by atoms with Crippen molar-refractivity contribution in [1.29, 1.82) is 0 Å². The third-order valence-electron chi connectivity index (χ3n) is 1.62. The predicted molar refractivity (Wildman–Crippen MR) is 52.8 cm³/mol. The molecule has 2 aromatic heterocycles. The molecular formula is C9H6NO2S2. The van der Waals surface area contributed by atoms with Crippen LogP contribution in [0.1, 0.15) is 0 Å². The molecular weight excluding hydrogens is 218 g/mol. The van der Waals surface area contributed by atoms with E-state index in [0.717, 1.165) is 11.3 Å². The van der Waals surface area contributed by atoms with Crippen molar-refractivity contribution < 1.29 is 8.42 Å². The molecule has 0 aromatic carbocycles. The van der Waals surface area contributed by atoms with Gasteiger partial charge in [-0.3, -0.25) is 0 Å². The molecule has 0 saturated heterocycles. The number of rotatable bonds is 2. The summed E-state index contributed by atoms with van der Waals surface area (Å²) in [7, 11) is -3.42. The highest BCUT2D eigenvalue weighted by Crippen LogP contribution is 2.22. The second kappa shape index (κ2) is 3.51. The van der Waals surface area contributed by atoms with E-state index in [1.165, 1.54) is 18.3 Å². The van der Waals surface area contributed by atoms with Crippen molar-refractivity contribution in [2.24, 2.45) is 0 Å². The van der Waals surface area contributed by atoms with Crippen molar-refractivity contribution in [2.75, 3.05) is 0 Å². The van der Waals surface area contributed by atoms with Gasteiger partial charge in [0, 0.05) is 11.6 Å². The van der Waals surface area contributed by atoms with E-state index in [1.807, 2.05) is 0 Å². The maximum atomic E-state index is 11.8. The third kappa shape index (κ3) is 1.56. The Hall–Kier alpha value is -1.20. The summed E-state index contributed by atoms with van der Waals surface area (Å²) in [5, 5.41) is 2.82. The van der Waals surface area contributed by atoms with Crippen molar-refractivity contribution in [2.45, 2.75) is 9.24 Å². The Bertz CT molecular complexity index is 503. The van der Waals surface area contributed by atoms with Gasteiger partial charge in [-0.15, -0.1) is 11.3 Å². The van der Waals surface area contributed by atoms with Crippen molar-refractivity contribution in [1.82, 2.24) is 4.98 Å². The highest BCUT2D eigenvalue weighted by atomic mass is 32.2. The van der Waals surface area contributed by atoms with Gasteiger partial charge in [-0.1, -0.05) is 6.07 Å². The Balaban J connectivity index is 2.55. The topological polar surface area (TPSA) is 47.0 Å². The van der Waals surface area contributed by atoms with Crippen LogP contribution in [0.3, 0.4) is 0 Å². The van der Waals surface area contributed by atoms with Crippen molar-refractivity contribution in [3.05, 3.63) is 41.9 Å². The van der Waals surface area contributed by atoms with Gasteiger partial charge in [-0.2, -0.15) is 0 Å². The Morgan fingerprint density at radius 3 is 2.71 bits per heavy atom. The van der Waals surface area contributed by atoms with E-state index in [-0.39, 0.29) is 9.24 Å². The summed E-state index contributed by atoms with van der Waals surface area (Å²) in [6, 6.07) is 7.92. The van der Waals surface area contributed by atoms with Gasteiger partial charge in [0.05, 0.1) is 0 Å². The minimum Gasteiger partial charge on any atom is -0.244 e. The fraction of sp³-hybridized carbons (Fsp3) is 0. The van der Waals surface area contributed by atoms with Gasteiger partial charge in [0.25, 0.3) is 0 Å². The lowest BCUT2D eigenvalue weighted by molar-refractivity contribution is 0.594. The molecule has 0 bridgehead atoms. The molecule has 0 aliphatic rings. The summed E-state index contributed by atoms with van der Waals surface area (Å²) in [5.74, 6) is 0. The Kier molecular flexibility index (Phi) is 2.35. The van der Waals surface area contributed by atoms with Crippen LogP contribution in [-0.2, 0) is 9.84 Å². The number of thiophene rings is 1. The molecule has 2 aromatic rings. The molecule has 0 unspecified atom stereocenters. The molecule has 0 spiro atoms. The number of hydrogen-bond donors (Lipinski definition) is 0. The van der Waals surface area contributed by atoms with Gasteiger partial charge >= 0.3 is 0 Å². The van der Waals surface area contributed by atoms with Gasteiger partial charge in [0.15, 0.2) is 5.03 Å². The smallest absolute Gasteiger partial charge is 0.233 e. The van der Waals surface area contributed by atoms with Crippen LogP contribution >= 0.6 is 11.3 Å². The fourth-order valence-electron chi connectivity index (χ4n) is 0.982. The van der Waals surface area contributed by atoms with Crippen LogP contribution in [0.15, 0.2) is 45.8 Å². The van der Waals surface area contributed by atoms with E-state index in [2.05, 4.69) is 10.4 Å². The SMILES string of the molecule is O=S(=O)(c1ccccn1)c1cc[c]s1. The summed E-state index contributed by atoms with van der Waals surface area (Å²) in [5.41, 5.74) is 0. The molecule has 14 heavy (non-hydrogen) atoms. The molecule has 0 aliphatic carbocycles. The van der Waals surface area contributed by atoms with Gasteiger partial charge in [0.1, 0.15) is 4.21 Å². The molecule has 0 saturated carbocycles. The minimum absolute atomic E-state index is 0.0795. The zero-order chi connectivity index (χ0) is 10.0. The first-order valence-corrected chi connectivity index (χ1v) is 6.13. The van der Waals surface area contributed by atoms with Gasteiger partial charge in [-0.25, -0.2) is 13.4 Å². The average Bonchev–Trinajstić information content (AvgIpc) is 2.72. The van der Waals surface area contributed by atoms with Crippen LogP contribution in [0.5, 0.6) is 0 Å². The molecule has 5 heteroatoms. The minimum atomic E-state index is -3.42. The van der Waals surface area contributed by atoms with Crippen LogP contribution < -0.4 is 0 Å². The highest BCUT2D eigenvalue weighted by molar-refractivity contribution is 7.93. The summed E-state index contributed by atoms with van der Waals surface area (Å²) in [6.45, 7) is 0. The second-order valence-corrected chi connectivity index (χ2v) is 5.55. The Morgan fingerprint density at radius 1 is 1.29 bits per heavy atom. The summed E-state index contributed by atoms with van der Waals surface area (Å²) in [6.07, 6.45) is 1.46. The van der Waals surface area contributed by atoms with Crippen LogP contribution in [0, 0.1) is 5.38 Å². The van der Waals surface area contributed by atoms with Gasteiger partial charge < -0.3 is 0 Å². The Labute approximate surface area is 86.0 Å². The normalized spacial score (nSPS) is 11.4. The predicted octanol–water partition coefficient (Wildman–Crippen LogP) is 1.78. The van der Waals surface area contributed by atoms with Crippen LogP contribution in [-0.4, -0.2) is 13.4 Å². The summed E-state index contributed by atoms with van der Waals surface area (Å²) in [4.78, 5) is 3.81. The van der Waals surface area contributed by atoms with E-state index < -0.39 is 9.84 Å². The Morgan fingerprint density at radius 2 is 2.14 bits per heavy atom. The molecule has 3 nitrogen and oxygen atoms in total. The molecule has 71 valence electrons. The van der Waals surface area contributed by atoms with E-state index in [9.17, 15) is 8.42 Å². The van der Waals surface area contributed by atoms with Gasteiger partial charge in [-0.05, 0) is 24.3 Å². The van der Waals surface area contributed by atoms with E-state index in [1.54, 1.807) is 18.2 Å². The first-order chi connectivity index (χ1) is 6.71. The second-order valence-electron chi connectivity index (χ2n) is 2.54. The highest BCUT2D eigenvalue weighted by Gasteiger charge is 2.19. The molecule has 2 heterocycles.